The Balaban J connectivity index is 1.52. The molecule has 19 heavy (non-hydrogen) atoms. The molecule has 0 aliphatic heterocycles. The summed E-state index contributed by atoms with van der Waals surface area (Å²) in [5.74, 6) is 0.928. The van der Waals surface area contributed by atoms with Gasteiger partial charge in [-0.2, -0.15) is 0 Å². The monoisotopic (exact) mass is 265 g/mol. The van der Waals surface area contributed by atoms with E-state index in [0.29, 0.717) is 17.6 Å². The van der Waals surface area contributed by atoms with E-state index in [1.165, 1.54) is 57.8 Å². The number of rotatable bonds is 5. The van der Waals surface area contributed by atoms with Gasteiger partial charge in [0.1, 0.15) is 0 Å². The first-order chi connectivity index (χ1) is 9.26. The molecule has 2 heteroatoms. The Morgan fingerprint density at radius 3 is 2.47 bits per heavy atom. The maximum absolute atomic E-state index is 5.95. The second-order valence-corrected chi connectivity index (χ2v) is 7.17. The zero-order valence-corrected chi connectivity index (χ0v) is 12.8. The van der Waals surface area contributed by atoms with E-state index in [2.05, 4.69) is 19.2 Å². The minimum absolute atomic E-state index is 0.527. The third-order valence-electron chi connectivity index (χ3n) is 6.26. The highest BCUT2D eigenvalue weighted by molar-refractivity contribution is 5.12. The predicted molar refractivity (Wildman–Crippen MR) is 79.3 cm³/mol. The minimum Gasteiger partial charge on any atom is -0.378 e. The van der Waals surface area contributed by atoms with Gasteiger partial charge in [-0.3, -0.25) is 0 Å². The lowest BCUT2D eigenvalue weighted by Crippen LogP contribution is -2.68. The molecule has 0 aromatic heterocycles. The van der Waals surface area contributed by atoms with Crippen LogP contribution in [-0.2, 0) is 4.74 Å². The van der Waals surface area contributed by atoms with Crippen LogP contribution in [-0.4, -0.2) is 24.8 Å². The second-order valence-electron chi connectivity index (χ2n) is 7.17. The molecular formula is C17H31NO. The third-order valence-corrected chi connectivity index (χ3v) is 6.26. The van der Waals surface area contributed by atoms with Crippen LogP contribution in [0.2, 0.25) is 0 Å². The second kappa shape index (κ2) is 5.73. The van der Waals surface area contributed by atoms with E-state index >= 15 is 0 Å². The molecule has 0 aromatic rings. The summed E-state index contributed by atoms with van der Waals surface area (Å²) in [5.41, 5.74) is 0.527. The van der Waals surface area contributed by atoms with Crippen LogP contribution in [0.3, 0.4) is 0 Å². The van der Waals surface area contributed by atoms with Crippen LogP contribution in [0.1, 0.15) is 71.6 Å². The molecule has 0 aromatic carbocycles. The van der Waals surface area contributed by atoms with Crippen LogP contribution in [0, 0.1) is 11.3 Å². The Bertz CT molecular complexity index is 294. The largest absolute Gasteiger partial charge is 0.378 e. The zero-order chi connectivity index (χ0) is 13.3. The molecule has 3 aliphatic rings. The fourth-order valence-corrected chi connectivity index (χ4v) is 4.76. The fraction of sp³-hybridized carbons (Fsp3) is 1.00. The Morgan fingerprint density at radius 1 is 1.16 bits per heavy atom. The lowest BCUT2D eigenvalue weighted by molar-refractivity contribution is -0.175. The normalized spacial score (nSPS) is 35.7. The molecule has 3 fully saturated rings. The smallest absolute Gasteiger partial charge is 0.0661 e. The molecule has 0 bridgehead atoms. The number of hydrogen-bond acceptors (Lipinski definition) is 2. The molecule has 110 valence electrons. The number of ether oxygens (including phenoxy) is 1. The van der Waals surface area contributed by atoms with Gasteiger partial charge in [-0.15, -0.1) is 0 Å². The summed E-state index contributed by atoms with van der Waals surface area (Å²) in [6.45, 7) is 5.45. The summed E-state index contributed by atoms with van der Waals surface area (Å²) in [7, 11) is 0. The van der Waals surface area contributed by atoms with Gasteiger partial charge in [0, 0.05) is 24.1 Å². The van der Waals surface area contributed by atoms with Crippen LogP contribution in [0.5, 0.6) is 0 Å². The highest BCUT2D eigenvalue weighted by Crippen LogP contribution is 2.57. The summed E-state index contributed by atoms with van der Waals surface area (Å²) in [6.07, 6.45) is 13.3. The van der Waals surface area contributed by atoms with Crippen LogP contribution in [0.25, 0.3) is 0 Å². The van der Waals surface area contributed by atoms with Gasteiger partial charge in [0.15, 0.2) is 0 Å². The molecule has 1 spiro atoms. The highest BCUT2D eigenvalue weighted by atomic mass is 16.5. The van der Waals surface area contributed by atoms with Crippen molar-refractivity contribution in [2.24, 2.45) is 11.3 Å². The molecule has 3 saturated carbocycles. The molecule has 0 radical (unpaired) electrons. The fourth-order valence-electron chi connectivity index (χ4n) is 4.76. The Labute approximate surface area is 118 Å². The summed E-state index contributed by atoms with van der Waals surface area (Å²) in [4.78, 5) is 0. The zero-order valence-electron chi connectivity index (χ0n) is 12.8. The van der Waals surface area contributed by atoms with E-state index in [9.17, 15) is 0 Å². The van der Waals surface area contributed by atoms with Gasteiger partial charge >= 0.3 is 0 Å². The Kier molecular flexibility index (Phi) is 4.19. The van der Waals surface area contributed by atoms with Crippen molar-refractivity contribution in [2.45, 2.75) is 89.8 Å². The van der Waals surface area contributed by atoms with E-state index < -0.39 is 0 Å². The predicted octanol–water partition coefficient (Wildman–Crippen LogP) is 3.89. The third kappa shape index (κ3) is 2.47. The molecule has 0 saturated heterocycles. The molecule has 3 unspecified atom stereocenters. The maximum atomic E-state index is 5.95. The van der Waals surface area contributed by atoms with Gasteiger partial charge in [0.2, 0.25) is 0 Å². The molecule has 3 aliphatic carbocycles. The van der Waals surface area contributed by atoms with Gasteiger partial charge in [-0.05, 0) is 51.9 Å². The van der Waals surface area contributed by atoms with Crippen molar-refractivity contribution in [2.75, 3.05) is 6.61 Å². The van der Waals surface area contributed by atoms with Gasteiger partial charge in [-0.25, -0.2) is 0 Å². The Morgan fingerprint density at radius 2 is 1.89 bits per heavy atom. The lowest BCUT2D eigenvalue weighted by Gasteiger charge is -2.62. The molecule has 2 nitrogen and oxygen atoms in total. The van der Waals surface area contributed by atoms with E-state index in [4.69, 9.17) is 4.74 Å². The van der Waals surface area contributed by atoms with Crippen LogP contribution in [0.15, 0.2) is 0 Å². The quantitative estimate of drug-likeness (QED) is 0.814. The van der Waals surface area contributed by atoms with E-state index in [-0.39, 0.29) is 0 Å². The summed E-state index contributed by atoms with van der Waals surface area (Å²) in [6, 6.07) is 1.46. The topological polar surface area (TPSA) is 21.3 Å². The van der Waals surface area contributed by atoms with Crippen molar-refractivity contribution in [1.29, 1.82) is 0 Å². The molecule has 3 rings (SSSR count). The lowest BCUT2D eigenvalue weighted by atomic mass is 9.50. The summed E-state index contributed by atoms with van der Waals surface area (Å²) in [5, 5.41) is 3.99. The number of nitrogens with one attached hydrogen (secondary N) is 1. The molecular weight excluding hydrogens is 234 g/mol. The van der Waals surface area contributed by atoms with Crippen LogP contribution >= 0.6 is 0 Å². The molecule has 0 amide bonds. The molecule has 3 atom stereocenters. The van der Waals surface area contributed by atoms with Crippen LogP contribution < -0.4 is 5.32 Å². The maximum Gasteiger partial charge on any atom is 0.0661 e. The van der Waals surface area contributed by atoms with E-state index in [0.717, 1.165) is 18.6 Å². The van der Waals surface area contributed by atoms with Crippen molar-refractivity contribution in [3.05, 3.63) is 0 Å². The molecule has 1 N–H and O–H groups in total. The SMILES string of the molecule is CCOC1CC(NC(C)C2CCCCC2)C12CCC2. The Hall–Kier alpha value is -0.0800. The standard InChI is InChI=1S/C17H31NO/c1-3-19-16-12-15(17(16)10-7-11-17)18-13(2)14-8-5-4-6-9-14/h13-16,18H,3-12H2,1-2H3. The van der Waals surface area contributed by atoms with Gasteiger partial charge in [0.05, 0.1) is 6.10 Å². The van der Waals surface area contributed by atoms with Gasteiger partial charge in [0.25, 0.3) is 0 Å². The van der Waals surface area contributed by atoms with Crippen molar-refractivity contribution in [1.82, 2.24) is 5.32 Å². The first kappa shape index (κ1) is 13.9. The minimum atomic E-state index is 0.527. The number of hydrogen-bond donors (Lipinski definition) is 1. The summed E-state index contributed by atoms with van der Waals surface area (Å²) < 4.78 is 5.95. The van der Waals surface area contributed by atoms with Crippen molar-refractivity contribution >= 4 is 0 Å². The van der Waals surface area contributed by atoms with Crippen LogP contribution in [0.4, 0.5) is 0 Å². The molecule has 0 heterocycles. The first-order valence-corrected chi connectivity index (χ1v) is 8.64. The van der Waals surface area contributed by atoms with Gasteiger partial charge in [-0.1, -0.05) is 25.7 Å². The summed E-state index contributed by atoms with van der Waals surface area (Å²) >= 11 is 0. The van der Waals surface area contributed by atoms with E-state index in [1.807, 2.05) is 0 Å². The van der Waals surface area contributed by atoms with Crippen molar-refractivity contribution in [3.63, 3.8) is 0 Å². The van der Waals surface area contributed by atoms with E-state index in [1.54, 1.807) is 0 Å². The average molecular weight is 265 g/mol. The highest BCUT2D eigenvalue weighted by Gasteiger charge is 2.58. The van der Waals surface area contributed by atoms with Crippen molar-refractivity contribution < 1.29 is 4.74 Å². The first-order valence-electron chi connectivity index (χ1n) is 8.64. The van der Waals surface area contributed by atoms with Crippen molar-refractivity contribution in [3.8, 4) is 0 Å². The average Bonchev–Trinajstić information content (AvgIpc) is 2.36. The van der Waals surface area contributed by atoms with Gasteiger partial charge < -0.3 is 10.1 Å².